The molecule has 2 heterocycles. The molecule has 0 radical (unpaired) electrons. The van der Waals surface area contributed by atoms with Crippen LogP contribution in [0.2, 0.25) is 0 Å². The minimum absolute atomic E-state index is 0.0273. The quantitative estimate of drug-likeness (QED) is 0.719. The molecule has 0 saturated carbocycles. The van der Waals surface area contributed by atoms with E-state index in [0.29, 0.717) is 44.5 Å². The number of methoxy groups -OCH3 is 1. The summed E-state index contributed by atoms with van der Waals surface area (Å²) < 4.78 is 4.54. The molecular formula is C12H18N4O4. The second-order valence-corrected chi connectivity index (χ2v) is 4.80. The Morgan fingerprint density at radius 2 is 2.05 bits per heavy atom. The van der Waals surface area contributed by atoms with Crippen molar-refractivity contribution in [3.05, 3.63) is 0 Å². The first-order chi connectivity index (χ1) is 9.60. The third-order valence-electron chi connectivity index (χ3n) is 3.44. The number of nitrogens with zero attached hydrogens (tertiary/aromatic N) is 2. The van der Waals surface area contributed by atoms with Gasteiger partial charge in [-0.15, -0.1) is 0 Å². The lowest BCUT2D eigenvalue weighted by Gasteiger charge is -2.32. The topological polar surface area (TPSA) is 100 Å². The molecule has 0 spiro atoms. The summed E-state index contributed by atoms with van der Waals surface area (Å²) in [7, 11) is 1.32. The molecule has 8 heteroatoms. The fourth-order valence-electron chi connectivity index (χ4n) is 2.26. The maximum absolute atomic E-state index is 12.2. The number of alkyl carbamates (subject to hydrolysis) is 1. The lowest BCUT2D eigenvalue weighted by atomic mass is 10.0. The summed E-state index contributed by atoms with van der Waals surface area (Å²) in [6, 6.07) is 0.0273. The monoisotopic (exact) mass is 282 g/mol. The predicted molar refractivity (Wildman–Crippen MR) is 70.0 cm³/mol. The molecule has 20 heavy (non-hydrogen) atoms. The van der Waals surface area contributed by atoms with Gasteiger partial charge < -0.3 is 15.0 Å². The summed E-state index contributed by atoms with van der Waals surface area (Å²) in [4.78, 5) is 36.0. The fourth-order valence-corrected chi connectivity index (χ4v) is 2.26. The predicted octanol–water partition coefficient (Wildman–Crippen LogP) is -0.401. The van der Waals surface area contributed by atoms with E-state index < -0.39 is 6.09 Å². The summed E-state index contributed by atoms with van der Waals surface area (Å²) in [5, 5.41) is 6.53. The van der Waals surface area contributed by atoms with Gasteiger partial charge >= 0.3 is 6.09 Å². The van der Waals surface area contributed by atoms with E-state index in [1.165, 1.54) is 7.11 Å². The molecule has 0 aromatic rings. The number of carbonyl (C=O) groups excluding carboxylic acids is 3. The number of likely N-dealkylation sites (tertiary alicyclic amines) is 1. The molecule has 0 bridgehead atoms. The van der Waals surface area contributed by atoms with Crippen LogP contribution in [0, 0.1) is 0 Å². The van der Waals surface area contributed by atoms with Crippen molar-refractivity contribution in [3.8, 4) is 0 Å². The Hall–Kier alpha value is -2.12. The zero-order valence-electron chi connectivity index (χ0n) is 11.3. The normalized spacial score (nSPS) is 19.9. The Labute approximate surface area is 116 Å². The van der Waals surface area contributed by atoms with Gasteiger partial charge in [0.15, 0.2) is 0 Å². The number of carbonyl (C=O) groups is 3. The van der Waals surface area contributed by atoms with Crippen LogP contribution in [0.25, 0.3) is 0 Å². The van der Waals surface area contributed by atoms with Gasteiger partial charge in [-0.05, 0) is 12.8 Å². The SMILES string of the molecule is COC(=O)NC1CCN(C(=O)C2=NNC(=O)CC2)CC1. The van der Waals surface area contributed by atoms with Crippen molar-refractivity contribution in [2.75, 3.05) is 20.2 Å². The number of piperidine rings is 1. The molecule has 3 amide bonds. The van der Waals surface area contributed by atoms with E-state index in [2.05, 4.69) is 20.6 Å². The van der Waals surface area contributed by atoms with Crippen LogP contribution >= 0.6 is 0 Å². The number of hydrogen-bond acceptors (Lipinski definition) is 5. The highest BCUT2D eigenvalue weighted by Gasteiger charge is 2.28. The van der Waals surface area contributed by atoms with Crippen LogP contribution < -0.4 is 10.7 Å². The van der Waals surface area contributed by atoms with E-state index in [-0.39, 0.29) is 17.9 Å². The number of amides is 3. The third kappa shape index (κ3) is 3.46. The summed E-state index contributed by atoms with van der Waals surface area (Å²) in [5.41, 5.74) is 2.72. The molecule has 110 valence electrons. The second-order valence-electron chi connectivity index (χ2n) is 4.80. The van der Waals surface area contributed by atoms with Gasteiger partial charge in [0.2, 0.25) is 5.91 Å². The van der Waals surface area contributed by atoms with Crippen molar-refractivity contribution in [1.29, 1.82) is 0 Å². The van der Waals surface area contributed by atoms with Crippen LogP contribution in [0.1, 0.15) is 25.7 Å². The minimum Gasteiger partial charge on any atom is -0.453 e. The molecule has 2 aliphatic heterocycles. The maximum Gasteiger partial charge on any atom is 0.407 e. The van der Waals surface area contributed by atoms with E-state index >= 15 is 0 Å². The first-order valence-corrected chi connectivity index (χ1v) is 6.59. The van der Waals surface area contributed by atoms with Crippen LogP contribution in [-0.4, -0.2) is 54.8 Å². The summed E-state index contributed by atoms with van der Waals surface area (Å²) in [6.07, 6.45) is 1.59. The van der Waals surface area contributed by atoms with Gasteiger partial charge in [-0.1, -0.05) is 0 Å². The van der Waals surface area contributed by atoms with E-state index in [4.69, 9.17) is 0 Å². The number of hydrogen-bond donors (Lipinski definition) is 2. The van der Waals surface area contributed by atoms with Gasteiger partial charge in [-0.3, -0.25) is 9.59 Å². The van der Waals surface area contributed by atoms with Crippen LogP contribution in [-0.2, 0) is 14.3 Å². The van der Waals surface area contributed by atoms with Crippen molar-refractivity contribution < 1.29 is 19.1 Å². The third-order valence-corrected chi connectivity index (χ3v) is 3.44. The molecular weight excluding hydrogens is 264 g/mol. The number of hydrazone groups is 1. The Bertz CT molecular complexity index is 441. The van der Waals surface area contributed by atoms with Crippen LogP contribution in [0.3, 0.4) is 0 Å². The minimum atomic E-state index is -0.450. The lowest BCUT2D eigenvalue weighted by molar-refractivity contribution is -0.125. The standard InChI is InChI=1S/C12H18N4O4/c1-20-12(19)13-8-4-6-16(7-5-8)11(18)9-2-3-10(17)15-14-9/h8H,2-7H2,1H3,(H,13,19)(H,15,17). The molecule has 0 aliphatic carbocycles. The highest BCUT2D eigenvalue weighted by atomic mass is 16.5. The van der Waals surface area contributed by atoms with E-state index in [9.17, 15) is 14.4 Å². The first-order valence-electron chi connectivity index (χ1n) is 6.59. The average molecular weight is 282 g/mol. The highest BCUT2D eigenvalue weighted by Crippen LogP contribution is 2.13. The van der Waals surface area contributed by atoms with Gasteiger partial charge in [0.05, 0.1) is 7.11 Å². The largest absolute Gasteiger partial charge is 0.453 e. The molecule has 0 atom stereocenters. The molecule has 2 N–H and O–H groups in total. The van der Waals surface area contributed by atoms with Crippen molar-refractivity contribution in [3.63, 3.8) is 0 Å². The fraction of sp³-hybridized carbons (Fsp3) is 0.667. The summed E-state index contributed by atoms with van der Waals surface area (Å²) in [6.45, 7) is 1.11. The van der Waals surface area contributed by atoms with E-state index in [1.54, 1.807) is 4.90 Å². The average Bonchev–Trinajstić information content (AvgIpc) is 2.48. The Kier molecular flexibility index (Phi) is 4.54. The summed E-state index contributed by atoms with van der Waals surface area (Å²) in [5.74, 6) is -0.302. The smallest absolute Gasteiger partial charge is 0.407 e. The number of nitrogens with one attached hydrogen (secondary N) is 2. The zero-order chi connectivity index (χ0) is 14.5. The Morgan fingerprint density at radius 3 is 2.60 bits per heavy atom. The van der Waals surface area contributed by atoms with E-state index in [0.717, 1.165) is 0 Å². The first kappa shape index (κ1) is 14.3. The number of rotatable bonds is 2. The Morgan fingerprint density at radius 1 is 1.35 bits per heavy atom. The van der Waals surface area contributed by atoms with Gasteiger partial charge in [0.1, 0.15) is 5.71 Å². The van der Waals surface area contributed by atoms with Crippen molar-refractivity contribution in [1.82, 2.24) is 15.6 Å². The summed E-state index contributed by atoms with van der Waals surface area (Å²) >= 11 is 0. The molecule has 0 unspecified atom stereocenters. The maximum atomic E-state index is 12.2. The van der Waals surface area contributed by atoms with Crippen molar-refractivity contribution >= 4 is 23.6 Å². The van der Waals surface area contributed by atoms with E-state index in [1.807, 2.05) is 0 Å². The molecule has 0 aromatic carbocycles. The second kappa shape index (κ2) is 6.36. The Balaban J connectivity index is 1.83. The van der Waals surface area contributed by atoms with Crippen LogP contribution in [0.5, 0.6) is 0 Å². The molecule has 0 aromatic heterocycles. The molecule has 2 aliphatic rings. The zero-order valence-corrected chi connectivity index (χ0v) is 11.3. The number of ether oxygens (including phenoxy) is 1. The molecule has 1 saturated heterocycles. The van der Waals surface area contributed by atoms with Crippen LogP contribution in [0.15, 0.2) is 5.10 Å². The van der Waals surface area contributed by atoms with Crippen molar-refractivity contribution in [2.45, 2.75) is 31.7 Å². The highest BCUT2D eigenvalue weighted by molar-refractivity contribution is 6.39. The molecule has 1 fully saturated rings. The van der Waals surface area contributed by atoms with Gasteiger partial charge in [0.25, 0.3) is 5.91 Å². The van der Waals surface area contributed by atoms with Gasteiger partial charge in [-0.2, -0.15) is 5.10 Å². The molecule has 8 nitrogen and oxygen atoms in total. The van der Waals surface area contributed by atoms with Gasteiger partial charge in [0, 0.05) is 32.0 Å². The molecule has 2 rings (SSSR count). The van der Waals surface area contributed by atoms with Crippen molar-refractivity contribution in [2.24, 2.45) is 5.10 Å². The lowest BCUT2D eigenvalue weighted by Crippen LogP contribution is -2.49. The van der Waals surface area contributed by atoms with Crippen LogP contribution in [0.4, 0.5) is 4.79 Å². The van der Waals surface area contributed by atoms with Gasteiger partial charge in [-0.25, -0.2) is 10.2 Å².